The standard InChI is InChI=1S/C15H12F3NO3/c16-15(17,18)10-3-1-2-8(6-10)13-19-11-7-9(14(20)21)4-5-12(11)22-13/h1-3,6,9H,4-5,7H2,(H,20,21). The molecule has 1 aliphatic rings. The zero-order valence-corrected chi connectivity index (χ0v) is 11.4. The molecule has 116 valence electrons. The van der Waals surface area contributed by atoms with Crippen molar-refractivity contribution in [3.63, 3.8) is 0 Å². The van der Waals surface area contributed by atoms with Crippen LogP contribution in [-0.4, -0.2) is 16.1 Å². The molecule has 2 aromatic rings. The first-order valence-corrected chi connectivity index (χ1v) is 6.73. The van der Waals surface area contributed by atoms with Crippen molar-refractivity contribution >= 4 is 5.97 Å². The molecule has 0 aliphatic heterocycles. The summed E-state index contributed by atoms with van der Waals surface area (Å²) in [4.78, 5) is 15.2. The predicted octanol–water partition coefficient (Wildman–Crippen LogP) is 3.55. The highest BCUT2D eigenvalue weighted by Crippen LogP contribution is 2.34. The fraction of sp³-hybridized carbons (Fsp3) is 0.333. The lowest BCUT2D eigenvalue weighted by atomic mass is 9.90. The van der Waals surface area contributed by atoms with E-state index in [4.69, 9.17) is 9.52 Å². The van der Waals surface area contributed by atoms with Crippen LogP contribution in [0, 0.1) is 5.92 Å². The molecule has 1 aromatic heterocycles. The molecule has 1 unspecified atom stereocenters. The highest BCUT2D eigenvalue weighted by atomic mass is 19.4. The first-order chi connectivity index (χ1) is 10.3. The van der Waals surface area contributed by atoms with Gasteiger partial charge in [0.05, 0.1) is 17.2 Å². The van der Waals surface area contributed by atoms with Crippen molar-refractivity contribution in [1.29, 1.82) is 0 Å². The lowest BCUT2D eigenvalue weighted by molar-refractivity contribution is -0.142. The summed E-state index contributed by atoms with van der Waals surface area (Å²) in [6.07, 6.45) is -3.32. The molecule has 0 spiro atoms. The summed E-state index contributed by atoms with van der Waals surface area (Å²) in [5.41, 5.74) is -0.0215. The monoisotopic (exact) mass is 311 g/mol. The first-order valence-electron chi connectivity index (χ1n) is 6.73. The van der Waals surface area contributed by atoms with Crippen molar-refractivity contribution in [2.24, 2.45) is 5.92 Å². The lowest BCUT2D eigenvalue weighted by Crippen LogP contribution is -2.21. The molecule has 1 atom stereocenters. The van der Waals surface area contributed by atoms with Crippen LogP contribution in [0.5, 0.6) is 0 Å². The second kappa shape index (κ2) is 5.15. The fourth-order valence-electron chi connectivity index (χ4n) is 2.54. The second-order valence-electron chi connectivity index (χ2n) is 5.25. The predicted molar refractivity (Wildman–Crippen MR) is 70.1 cm³/mol. The van der Waals surface area contributed by atoms with Crippen molar-refractivity contribution in [3.8, 4) is 11.5 Å². The van der Waals surface area contributed by atoms with Gasteiger partial charge in [0.1, 0.15) is 5.76 Å². The van der Waals surface area contributed by atoms with Gasteiger partial charge in [-0.15, -0.1) is 0 Å². The molecule has 1 heterocycles. The number of nitrogens with zero attached hydrogens (tertiary/aromatic N) is 1. The number of aromatic nitrogens is 1. The maximum Gasteiger partial charge on any atom is 0.416 e. The summed E-state index contributed by atoms with van der Waals surface area (Å²) in [6, 6.07) is 4.74. The van der Waals surface area contributed by atoms with Crippen LogP contribution >= 0.6 is 0 Å². The summed E-state index contributed by atoms with van der Waals surface area (Å²) in [7, 11) is 0. The third kappa shape index (κ3) is 2.70. The molecule has 1 N–H and O–H groups in total. The van der Waals surface area contributed by atoms with Crippen molar-refractivity contribution in [1.82, 2.24) is 4.98 Å². The molecule has 22 heavy (non-hydrogen) atoms. The fourth-order valence-corrected chi connectivity index (χ4v) is 2.54. The number of halogens is 3. The topological polar surface area (TPSA) is 63.3 Å². The summed E-state index contributed by atoms with van der Waals surface area (Å²) < 4.78 is 43.7. The van der Waals surface area contributed by atoms with Crippen LogP contribution in [0.15, 0.2) is 28.7 Å². The van der Waals surface area contributed by atoms with Crippen LogP contribution < -0.4 is 0 Å². The Bertz CT molecular complexity index is 721. The Morgan fingerprint density at radius 3 is 2.82 bits per heavy atom. The van der Waals surface area contributed by atoms with Gasteiger partial charge in [0.25, 0.3) is 0 Å². The van der Waals surface area contributed by atoms with E-state index in [1.54, 1.807) is 0 Å². The van der Waals surface area contributed by atoms with Gasteiger partial charge in [-0.25, -0.2) is 4.98 Å². The molecule has 4 nitrogen and oxygen atoms in total. The number of aryl methyl sites for hydroxylation is 1. The number of alkyl halides is 3. The summed E-state index contributed by atoms with van der Waals surface area (Å²) in [6.45, 7) is 0. The Balaban J connectivity index is 1.93. The van der Waals surface area contributed by atoms with Crippen LogP contribution in [0.1, 0.15) is 23.4 Å². The van der Waals surface area contributed by atoms with Crippen molar-refractivity contribution < 1.29 is 27.5 Å². The van der Waals surface area contributed by atoms with E-state index in [0.29, 0.717) is 24.3 Å². The SMILES string of the molecule is O=C(O)C1CCc2oc(-c3cccc(C(F)(F)F)c3)nc2C1. The van der Waals surface area contributed by atoms with E-state index >= 15 is 0 Å². The van der Waals surface area contributed by atoms with Gasteiger partial charge >= 0.3 is 12.1 Å². The minimum Gasteiger partial charge on any atom is -0.481 e. The van der Waals surface area contributed by atoms with Crippen molar-refractivity contribution in [3.05, 3.63) is 41.3 Å². The maximum atomic E-state index is 12.7. The van der Waals surface area contributed by atoms with Gasteiger partial charge < -0.3 is 9.52 Å². The normalized spacial score (nSPS) is 18.0. The maximum absolute atomic E-state index is 12.7. The van der Waals surface area contributed by atoms with Gasteiger partial charge in [-0.05, 0) is 24.6 Å². The molecule has 1 aromatic carbocycles. The van der Waals surface area contributed by atoms with Crippen molar-refractivity contribution in [2.45, 2.75) is 25.4 Å². The van der Waals surface area contributed by atoms with Crippen molar-refractivity contribution in [2.75, 3.05) is 0 Å². The number of fused-ring (bicyclic) bond motifs is 1. The Morgan fingerprint density at radius 2 is 2.14 bits per heavy atom. The molecule has 0 fully saturated rings. The van der Waals surface area contributed by atoms with Gasteiger partial charge in [-0.3, -0.25) is 4.79 Å². The number of rotatable bonds is 2. The van der Waals surface area contributed by atoms with E-state index < -0.39 is 23.6 Å². The molecular formula is C15H12F3NO3. The van der Waals surface area contributed by atoms with Crippen LogP contribution in [-0.2, 0) is 23.8 Å². The number of carboxylic acids is 1. The number of hydrogen-bond acceptors (Lipinski definition) is 3. The van der Waals surface area contributed by atoms with E-state index in [1.165, 1.54) is 12.1 Å². The molecule has 0 saturated carbocycles. The van der Waals surface area contributed by atoms with Gasteiger partial charge in [-0.1, -0.05) is 6.07 Å². The largest absolute Gasteiger partial charge is 0.481 e. The Labute approximate surface area is 123 Å². The van der Waals surface area contributed by atoms with E-state index in [0.717, 1.165) is 12.1 Å². The van der Waals surface area contributed by atoms with Crippen LogP contribution in [0.4, 0.5) is 13.2 Å². The van der Waals surface area contributed by atoms with E-state index in [9.17, 15) is 18.0 Å². The average Bonchev–Trinajstić information content (AvgIpc) is 2.89. The first kappa shape index (κ1) is 14.6. The zero-order chi connectivity index (χ0) is 15.9. The highest BCUT2D eigenvalue weighted by molar-refractivity contribution is 5.70. The molecule has 3 rings (SSSR count). The number of oxazole rings is 1. The van der Waals surface area contributed by atoms with Gasteiger partial charge in [0, 0.05) is 18.4 Å². The van der Waals surface area contributed by atoms with Crippen LogP contribution in [0.3, 0.4) is 0 Å². The number of carbonyl (C=O) groups is 1. The number of hydrogen-bond donors (Lipinski definition) is 1. The van der Waals surface area contributed by atoms with Gasteiger partial charge in [0.15, 0.2) is 0 Å². The Kier molecular flexibility index (Phi) is 3.42. The van der Waals surface area contributed by atoms with Gasteiger partial charge in [0.2, 0.25) is 5.89 Å². The minimum absolute atomic E-state index is 0.0992. The minimum atomic E-state index is -4.43. The summed E-state index contributed by atoms with van der Waals surface area (Å²) >= 11 is 0. The summed E-state index contributed by atoms with van der Waals surface area (Å²) in [5, 5.41) is 9.03. The Hall–Kier alpha value is -2.31. The number of aliphatic carboxylic acids is 1. The second-order valence-corrected chi connectivity index (χ2v) is 5.25. The third-order valence-electron chi connectivity index (χ3n) is 3.72. The number of carboxylic acid groups (broad SMARTS) is 1. The van der Waals surface area contributed by atoms with E-state index in [-0.39, 0.29) is 17.9 Å². The molecule has 1 aliphatic carbocycles. The van der Waals surface area contributed by atoms with E-state index in [1.807, 2.05) is 0 Å². The third-order valence-corrected chi connectivity index (χ3v) is 3.72. The summed E-state index contributed by atoms with van der Waals surface area (Å²) in [5.74, 6) is -0.756. The van der Waals surface area contributed by atoms with Crippen LogP contribution in [0.25, 0.3) is 11.5 Å². The highest BCUT2D eigenvalue weighted by Gasteiger charge is 2.32. The molecule has 0 bridgehead atoms. The smallest absolute Gasteiger partial charge is 0.416 e. The number of benzene rings is 1. The molecule has 0 radical (unpaired) electrons. The Morgan fingerprint density at radius 1 is 1.36 bits per heavy atom. The molecule has 0 amide bonds. The quantitative estimate of drug-likeness (QED) is 0.921. The molecule has 0 saturated heterocycles. The van der Waals surface area contributed by atoms with Gasteiger partial charge in [-0.2, -0.15) is 13.2 Å². The molecule has 7 heteroatoms. The zero-order valence-electron chi connectivity index (χ0n) is 11.4. The average molecular weight is 311 g/mol. The molecular weight excluding hydrogens is 299 g/mol. The van der Waals surface area contributed by atoms with E-state index in [2.05, 4.69) is 4.98 Å². The lowest BCUT2D eigenvalue weighted by Gasteiger charge is -2.15. The van der Waals surface area contributed by atoms with Crippen LogP contribution in [0.2, 0.25) is 0 Å².